The summed E-state index contributed by atoms with van der Waals surface area (Å²) < 4.78 is 0. The summed E-state index contributed by atoms with van der Waals surface area (Å²) in [6.45, 7) is 6.69. The predicted octanol–water partition coefficient (Wildman–Crippen LogP) is -0.112. The average molecular weight is 111 g/mol. The number of hydrogen-bond donors (Lipinski definition) is 0. The van der Waals surface area contributed by atoms with E-state index in [1.54, 1.807) is 0 Å². The highest BCUT2D eigenvalue weighted by molar-refractivity contribution is 6.38. The first-order valence-corrected chi connectivity index (χ1v) is 2.57. The van der Waals surface area contributed by atoms with Crippen molar-refractivity contribution in [1.82, 2.24) is 0 Å². The van der Waals surface area contributed by atoms with Gasteiger partial charge in [-0.2, -0.15) is 0 Å². The fourth-order valence-corrected chi connectivity index (χ4v) is 0.289. The molecule has 0 saturated carbocycles. The van der Waals surface area contributed by atoms with Crippen molar-refractivity contribution in [2.45, 2.75) is 0 Å². The molecular weight excluding hydrogens is 104 g/mol. The SMILES string of the molecule is C=CC(=O)C(=C)[SiH2]. The van der Waals surface area contributed by atoms with E-state index in [2.05, 4.69) is 13.2 Å². The summed E-state index contributed by atoms with van der Waals surface area (Å²) in [5.41, 5.74) is 0. The highest BCUT2D eigenvalue weighted by Gasteiger charge is 1.89. The molecule has 0 bridgehead atoms. The molecule has 37 valence electrons. The smallest absolute Gasteiger partial charge is 0.175 e. The van der Waals surface area contributed by atoms with Crippen LogP contribution in [0.1, 0.15) is 0 Å². The van der Waals surface area contributed by atoms with Crippen molar-refractivity contribution in [2.24, 2.45) is 0 Å². The molecule has 0 aliphatic heterocycles. The van der Waals surface area contributed by atoms with Crippen LogP contribution in [0.15, 0.2) is 24.4 Å². The average Bonchev–Trinajstić information content (AvgIpc) is 1.65. The van der Waals surface area contributed by atoms with Crippen LogP contribution in [0.5, 0.6) is 0 Å². The number of hydrogen-bond acceptors (Lipinski definition) is 1. The number of rotatable bonds is 2. The molecule has 2 heteroatoms. The molecule has 0 heterocycles. The Morgan fingerprint density at radius 3 is 2.14 bits per heavy atom. The number of carbonyl (C=O) groups excluding carboxylic acids is 1. The van der Waals surface area contributed by atoms with E-state index in [-0.39, 0.29) is 5.78 Å². The Bertz CT molecular complexity index is 115. The summed E-state index contributed by atoms with van der Waals surface area (Å²) in [5.74, 6) is -0.0710. The van der Waals surface area contributed by atoms with E-state index in [9.17, 15) is 4.79 Å². The molecule has 0 spiro atoms. The summed E-state index contributed by atoms with van der Waals surface area (Å²) in [5, 5.41) is 0.565. The van der Waals surface area contributed by atoms with E-state index in [0.29, 0.717) is 5.20 Å². The fourth-order valence-electron chi connectivity index (χ4n) is 0.144. The summed E-state index contributed by atoms with van der Waals surface area (Å²) in [6, 6.07) is 0. The van der Waals surface area contributed by atoms with Gasteiger partial charge in [-0.25, -0.2) is 0 Å². The van der Waals surface area contributed by atoms with Gasteiger partial charge in [-0.05, 0) is 11.3 Å². The maximum absolute atomic E-state index is 10.3. The van der Waals surface area contributed by atoms with Gasteiger partial charge >= 0.3 is 0 Å². The molecule has 0 aliphatic rings. The van der Waals surface area contributed by atoms with Crippen LogP contribution in [0.3, 0.4) is 0 Å². The van der Waals surface area contributed by atoms with Gasteiger partial charge in [0, 0.05) is 0 Å². The fraction of sp³-hybridized carbons (Fsp3) is 0. The summed E-state index contributed by atoms with van der Waals surface area (Å²) in [7, 11) is 1.47. The van der Waals surface area contributed by atoms with Gasteiger partial charge in [-0.1, -0.05) is 13.2 Å². The van der Waals surface area contributed by atoms with E-state index < -0.39 is 0 Å². The maximum atomic E-state index is 10.3. The van der Waals surface area contributed by atoms with Crippen LogP contribution in [0.25, 0.3) is 0 Å². The van der Waals surface area contributed by atoms with E-state index in [4.69, 9.17) is 0 Å². The first-order chi connectivity index (χ1) is 3.18. The Morgan fingerprint density at radius 2 is 2.14 bits per heavy atom. The third kappa shape index (κ3) is 2.11. The minimum atomic E-state index is -0.0710. The molecule has 0 aliphatic carbocycles. The second-order valence-electron chi connectivity index (χ2n) is 1.17. The molecule has 0 fully saturated rings. The van der Waals surface area contributed by atoms with E-state index in [1.807, 2.05) is 0 Å². The van der Waals surface area contributed by atoms with E-state index in [1.165, 1.54) is 16.3 Å². The molecule has 0 amide bonds. The van der Waals surface area contributed by atoms with Crippen LogP contribution in [0, 0.1) is 0 Å². The number of ketones is 1. The molecule has 1 radical (unpaired) electrons. The molecule has 0 rings (SSSR count). The molecule has 0 aromatic heterocycles. The quantitative estimate of drug-likeness (QED) is 0.359. The van der Waals surface area contributed by atoms with Crippen LogP contribution >= 0.6 is 0 Å². The molecular formula is C5H7OSi. The second kappa shape index (κ2) is 2.52. The van der Waals surface area contributed by atoms with Gasteiger partial charge in [0.2, 0.25) is 0 Å². The highest BCUT2D eigenvalue weighted by Crippen LogP contribution is 1.82. The molecule has 0 aromatic rings. The van der Waals surface area contributed by atoms with Gasteiger partial charge in [-0.15, -0.1) is 0 Å². The summed E-state index contributed by atoms with van der Waals surface area (Å²) in [4.78, 5) is 10.3. The molecule has 0 aromatic carbocycles. The van der Waals surface area contributed by atoms with Gasteiger partial charge in [0.05, 0.1) is 10.2 Å². The topological polar surface area (TPSA) is 17.1 Å². The van der Waals surface area contributed by atoms with Crippen molar-refractivity contribution in [3.8, 4) is 0 Å². The van der Waals surface area contributed by atoms with Crippen LogP contribution in [-0.4, -0.2) is 16.0 Å². The lowest BCUT2D eigenvalue weighted by molar-refractivity contribution is -0.110. The number of carbonyl (C=O) groups is 1. The summed E-state index contributed by atoms with van der Waals surface area (Å²) >= 11 is 0. The van der Waals surface area contributed by atoms with Crippen molar-refractivity contribution < 1.29 is 4.79 Å². The lowest BCUT2D eigenvalue weighted by Crippen LogP contribution is -1.93. The Balaban J connectivity index is 3.81. The molecule has 1 nitrogen and oxygen atoms in total. The van der Waals surface area contributed by atoms with Crippen LogP contribution < -0.4 is 0 Å². The van der Waals surface area contributed by atoms with Crippen LogP contribution in [0.4, 0.5) is 0 Å². The van der Waals surface area contributed by atoms with Gasteiger partial charge in [0.1, 0.15) is 0 Å². The van der Waals surface area contributed by atoms with Gasteiger partial charge in [-0.3, -0.25) is 4.79 Å². The Hall–Kier alpha value is -0.633. The van der Waals surface area contributed by atoms with Crippen molar-refractivity contribution >= 4 is 16.0 Å². The molecule has 7 heavy (non-hydrogen) atoms. The standard InChI is InChI=1S/C5H7OSi/c1-3-5(6)4(2)7/h3H,1-2,7H2. The first kappa shape index (κ1) is 6.37. The first-order valence-electron chi connectivity index (χ1n) is 1.86. The zero-order valence-electron chi connectivity index (χ0n) is 4.11. The maximum Gasteiger partial charge on any atom is 0.175 e. The largest absolute Gasteiger partial charge is 0.290 e. The minimum absolute atomic E-state index is 0.0710. The van der Waals surface area contributed by atoms with Gasteiger partial charge < -0.3 is 0 Å². The normalized spacial score (nSPS) is 7.57. The van der Waals surface area contributed by atoms with Crippen molar-refractivity contribution in [3.05, 3.63) is 24.4 Å². The van der Waals surface area contributed by atoms with E-state index in [0.717, 1.165) is 0 Å². The lowest BCUT2D eigenvalue weighted by atomic mass is 10.4. The summed E-state index contributed by atoms with van der Waals surface area (Å²) in [6.07, 6.45) is 1.26. The van der Waals surface area contributed by atoms with Crippen LogP contribution in [0.2, 0.25) is 0 Å². The van der Waals surface area contributed by atoms with Gasteiger partial charge in [0.15, 0.2) is 5.78 Å². The zero-order valence-corrected chi connectivity index (χ0v) is 5.52. The van der Waals surface area contributed by atoms with E-state index >= 15 is 0 Å². The number of allylic oxidation sites excluding steroid dienone is 2. The van der Waals surface area contributed by atoms with Gasteiger partial charge in [0.25, 0.3) is 0 Å². The second-order valence-corrected chi connectivity index (χ2v) is 2.03. The Labute approximate surface area is 46.2 Å². The molecule has 0 atom stereocenters. The zero-order chi connectivity index (χ0) is 5.86. The monoisotopic (exact) mass is 111 g/mol. The third-order valence-corrected chi connectivity index (χ3v) is 0.882. The molecule has 0 unspecified atom stereocenters. The Kier molecular flexibility index (Phi) is 2.30. The third-order valence-electron chi connectivity index (χ3n) is 0.534. The van der Waals surface area contributed by atoms with Crippen molar-refractivity contribution in [1.29, 1.82) is 0 Å². The lowest BCUT2D eigenvalue weighted by Gasteiger charge is -1.83. The minimum Gasteiger partial charge on any atom is -0.290 e. The molecule has 0 saturated heterocycles. The Morgan fingerprint density at radius 1 is 1.71 bits per heavy atom. The van der Waals surface area contributed by atoms with Crippen molar-refractivity contribution in [3.63, 3.8) is 0 Å². The highest BCUT2D eigenvalue weighted by atomic mass is 28.1. The van der Waals surface area contributed by atoms with Crippen LogP contribution in [-0.2, 0) is 4.79 Å². The van der Waals surface area contributed by atoms with Crippen molar-refractivity contribution in [2.75, 3.05) is 0 Å². The molecule has 0 N–H and O–H groups in total. The predicted molar refractivity (Wildman–Crippen MR) is 32.9 cm³/mol.